The molecule has 0 atom stereocenters. The van der Waals surface area contributed by atoms with Gasteiger partial charge in [0.25, 0.3) is 0 Å². The van der Waals surface area contributed by atoms with E-state index in [1.54, 1.807) is 4.80 Å². The van der Waals surface area contributed by atoms with Crippen molar-refractivity contribution in [1.29, 1.82) is 0 Å². The van der Waals surface area contributed by atoms with Gasteiger partial charge >= 0.3 is 0 Å². The molecule has 0 amide bonds. The molecule has 1 heterocycles. The highest BCUT2D eigenvalue weighted by atomic mass is 15.6. The first-order chi connectivity index (χ1) is 7.40. The number of aromatic nitrogens is 4. The molecule has 2 aromatic rings. The molecule has 15 heavy (non-hydrogen) atoms. The summed E-state index contributed by atoms with van der Waals surface area (Å²) >= 11 is 0. The predicted molar refractivity (Wildman–Crippen MR) is 58.1 cm³/mol. The minimum atomic E-state index is 0.666. The van der Waals surface area contributed by atoms with E-state index < -0.39 is 0 Å². The quantitative estimate of drug-likeness (QED) is 0.708. The Morgan fingerprint density at radius 3 is 2.80 bits per heavy atom. The van der Waals surface area contributed by atoms with Crippen molar-refractivity contribution in [2.75, 3.05) is 0 Å². The van der Waals surface area contributed by atoms with Crippen LogP contribution in [-0.4, -0.2) is 20.2 Å². The average molecular weight is 200 g/mol. The monoisotopic (exact) mass is 200 g/mol. The Morgan fingerprint density at radius 2 is 2.07 bits per heavy atom. The van der Waals surface area contributed by atoms with E-state index in [4.69, 9.17) is 0 Å². The topological polar surface area (TPSA) is 43.6 Å². The third kappa shape index (κ3) is 2.28. The molecule has 0 spiro atoms. The van der Waals surface area contributed by atoms with Crippen molar-refractivity contribution in [2.24, 2.45) is 0 Å². The van der Waals surface area contributed by atoms with Crippen LogP contribution in [0, 0.1) is 0 Å². The Labute approximate surface area is 88.2 Å². The van der Waals surface area contributed by atoms with Crippen LogP contribution in [0.4, 0.5) is 0 Å². The number of hydrogen-bond acceptors (Lipinski definition) is 3. The lowest BCUT2D eigenvalue weighted by molar-refractivity contribution is 0.528. The van der Waals surface area contributed by atoms with Gasteiger partial charge in [-0.3, -0.25) is 0 Å². The average Bonchev–Trinajstić information content (AvgIpc) is 2.76. The van der Waals surface area contributed by atoms with Gasteiger partial charge in [0.05, 0.1) is 6.54 Å². The Balaban J connectivity index is 2.17. The fourth-order valence-corrected chi connectivity index (χ4v) is 1.25. The van der Waals surface area contributed by atoms with Gasteiger partial charge in [-0.2, -0.15) is 4.80 Å². The number of allylic oxidation sites excluding steroid dienone is 1. The summed E-state index contributed by atoms with van der Waals surface area (Å²) in [7, 11) is 0. The molecule has 0 unspecified atom stereocenters. The number of benzene rings is 1. The molecule has 76 valence electrons. The first-order valence-electron chi connectivity index (χ1n) is 4.84. The van der Waals surface area contributed by atoms with Crippen molar-refractivity contribution < 1.29 is 0 Å². The summed E-state index contributed by atoms with van der Waals surface area (Å²) in [5.41, 5.74) is 0.988. The molecule has 4 nitrogen and oxygen atoms in total. The minimum Gasteiger partial charge on any atom is -0.164 e. The summed E-state index contributed by atoms with van der Waals surface area (Å²) < 4.78 is 0. The van der Waals surface area contributed by atoms with E-state index in [1.165, 1.54) is 0 Å². The maximum Gasteiger partial charge on any atom is 0.204 e. The summed E-state index contributed by atoms with van der Waals surface area (Å²) in [5, 5.41) is 12.2. The van der Waals surface area contributed by atoms with Gasteiger partial charge in [0.2, 0.25) is 5.82 Å². The van der Waals surface area contributed by atoms with Gasteiger partial charge in [-0.1, -0.05) is 36.4 Å². The highest BCUT2D eigenvalue weighted by Gasteiger charge is 2.03. The lowest BCUT2D eigenvalue weighted by Gasteiger charge is -1.93. The van der Waals surface area contributed by atoms with Crippen LogP contribution in [0.5, 0.6) is 0 Å². The highest BCUT2D eigenvalue weighted by Crippen LogP contribution is 2.11. The molecular formula is C11H12N4. The van der Waals surface area contributed by atoms with E-state index in [-0.39, 0.29) is 0 Å². The van der Waals surface area contributed by atoms with Crippen molar-refractivity contribution in [1.82, 2.24) is 20.2 Å². The summed E-state index contributed by atoms with van der Waals surface area (Å²) in [6.07, 6.45) is 2.69. The molecule has 0 aliphatic carbocycles. The molecule has 2 rings (SSSR count). The zero-order valence-electron chi connectivity index (χ0n) is 8.37. The molecule has 0 saturated carbocycles. The smallest absolute Gasteiger partial charge is 0.164 e. The lowest BCUT2D eigenvalue weighted by Crippen LogP contribution is -2.01. The van der Waals surface area contributed by atoms with E-state index in [2.05, 4.69) is 22.0 Å². The van der Waals surface area contributed by atoms with Gasteiger partial charge in [-0.25, -0.2) is 0 Å². The Kier molecular flexibility index (Phi) is 2.88. The number of aryl methyl sites for hydroxylation is 1. The van der Waals surface area contributed by atoms with Crippen molar-refractivity contribution in [3.63, 3.8) is 0 Å². The van der Waals surface area contributed by atoms with Crippen LogP contribution in [0.25, 0.3) is 11.4 Å². The van der Waals surface area contributed by atoms with Gasteiger partial charge in [0.15, 0.2) is 0 Å². The Hall–Kier alpha value is -1.97. The van der Waals surface area contributed by atoms with Gasteiger partial charge in [0, 0.05) is 5.56 Å². The molecule has 1 aromatic heterocycles. The number of nitrogens with zero attached hydrogens (tertiary/aromatic N) is 4. The summed E-state index contributed by atoms with van der Waals surface area (Å²) in [6, 6.07) is 9.81. The predicted octanol–water partition coefficient (Wildman–Crippen LogP) is 1.92. The Morgan fingerprint density at radius 1 is 1.27 bits per heavy atom. The number of hydrogen-bond donors (Lipinski definition) is 0. The van der Waals surface area contributed by atoms with Crippen LogP contribution in [0.2, 0.25) is 0 Å². The maximum absolute atomic E-state index is 4.26. The van der Waals surface area contributed by atoms with Crippen LogP contribution >= 0.6 is 0 Å². The summed E-state index contributed by atoms with van der Waals surface area (Å²) in [6.45, 7) is 4.38. The zero-order chi connectivity index (χ0) is 10.5. The van der Waals surface area contributed by atoms with Crippen molar-refractivity contribution in [3.8, 4) is 11.4 Å². The third-order valence-corrected chi connectivity index (χ3v) is 2.02. The molecule has 0 fully saturated rings. The molecule has 4 heteroatoms. The van der Waals surface area contributed by atoms with E-state index >= 15 is 0 Å². The second-order valence-corrected chi connectivity index (χ2v) is 3.15. The highest BCUT2D eigenvalue weighted by molar-refractivity contribution is 5.52. The lowest BCUT2D eigenvalue weighted by atomic mass is 10.2. The van der Waals surface area contributed by atoms with Gasteiger partial charge < -0.3 is 0 Å². The van der Waals surface area contributed by atoms with Crippen LogP contribution in [0.15, 0.2) is 43.0 Å². The van der Waals surface area contributed by atoms with Crippen LogP contribution < -0.4 is 0 Å². The SMILES string of the molecule is C=CCCn1nnc(-c2ccccc2)n1. The molecule has 0 N–H and O–H groups in total. The molecule has 0 aliphatic heterocycles. The molecule has 0 saturated heterocycles. The van der Waals surface area contributed by atoms with Crippen molar-refractivity contribution in [2.45, 2.75) is 13.0 Å². The normalized spacial score (nSPS) is 10.1. The fraction of sp³-hybridized carbons (Fsp3) is 0.182. The largest absolute Gasteiger partial charge is 0.204 e. The van der Waals surface area contributed by atoms with Crippen molar-refractivity contribution in [3.05, 3.63) is 43.0 Å². The van der Waals surface area contributed by atoms with Gasteiger partial charge in [-0.05, 0) is 11.6 Å². The van der Waals surface area contributed by atoms with E-state index in [9.17, 15) is 0 Å². The van der Waals surface area contributed by atoms with Crippen LogP contribution in [0.1, 0.15) is 6.42 Å². The molecule has 0 bridgehead atoms. The van der Waals surface area contributed by atoms with Crippen LogP contribution in [0.3, 0.4) is 0 Å². The standard InChI is InChI=1S/C11H12N4/c1-2-3-9-15-13-11(12-14-15)10-7-5-4-6-8-10/h2,4-8H,1,3,9H2. The van der Waals surface area contributed by atoms with Crippen LogP contribution in [-0.2, 0) is 6.54 Å². The molecule has 0 radical (unpaired) electrons. The van der Waals surface area contributed by atoms with E-state index in [1.807, 2.05) is 36.4 Å². The Bertz CT molecular complexity index is 433. The third-order valence-electron chi connectivity index (χ3n) is 2.02. The fourth-order valence-electron chi connectivity index (χ4n) is 1.25. The molecule has 1 aromatic carbocycles. The maximum atomic E-state index is 4.26. The number of tetrazole rings is 1. The van der Waals surface area contributed by atoms with E-state index in [0.717, 1.165) is 18.5 Å². The minimum absolute atomic E-state index is 0.666. The zero-order valence-corrected chi connectivity index (χ0v) is 8.37. The molecule has 0 aliphatic rings. The second-order valence-electron chi connectivity index (χ2n) is 3.15. The number of rotatable bonds is 4. The summed E-state index contributed by atoms with van der Waals surface area (Å²) in [4.78, 5) is 1.59. The van der Waals surface area contributed by atoms with Crippen molar-refractivity contribution >= 4 is 0 Å². The first-order valence-corrected chi connectivity index (χ1v) is 4.84. The first kappa shape index (κ1) is 9.58. The summed E-state index contributed by atoms with van der Waals surface area (Å²) in [5.74, 6) is 0.666. The van der Waals surface area contributed by atoms with Gasteiger partial charge in [0.1, 0.15) is 0 Å². The van der Waals surface area contributed by atoms with Gasteiger partial charge in [-0.15, -0.1) is 16.8 Å². The van der Waals surface area contributed by atoms with E-state index in [0.29, 0.717) is 5.82 Å². The molecular weight excluding hydrogens is 188 g/mol. The second kappa shape index (κ2) is 4.50.